The fourth-order valence-electron chi connectivity index (χ4n) is 4.12. The van der Waals surface area contributed by atoms with Gasteiger partial charge < -0.3 is 24.8 Å². The molecular weight excluding hydrogens is 528 g/mol. The third-order valence-corrected chi connectivity index (χ3v) is 6.07. The van der Waals surface area contributed by atoms with Gasteiger partial charge in [-0.15, -0.1) is 5.10 Å². The predicted octanol–water partition coefficient (Wildman–Crippen LogP) is 2.89. The van der Waals surface area contributed by atoms with Crippen molar-refractivity contribution in [3.8, 4) is 0 Å². The maximum Gasteiger partial charge on any atom is 0.413 e. The van der Waals surface area contributed by atoms with Crippen molar-refractivity contribution in [2.75, 3.05) is 11.9 Å². The Bertz CT molecular complexity index is 1610. The lowest BCUT2D eigenvalue weighted by Gasteiger charge is -2.22. The molecule has 0 saturated carbocycles. The van der Waals surface area contributed by atoms with Crippen LogP contribution in [0.2, 0.25) is 5.02 Å². The lowest BCUT2D eigenvalue weighted by atomic mass is 10.1. The Hall–Kier alpha value is -4.00. The molecule has 0 aliphatic heterocycles. The number of amides is 2. The van der Waals surface area contributed by atoms with E-state index >= 15 is 0 Å². The van der Waals surface area contributed by atoms with Crippen molar-refractivity contribution in [1.29, 1.82) is 0 Å². The number of aliphatic hydroxyl groups is 2. The van der Waals surface area contributed by atoms with Crippen LogP contribution in [0.5, 0.6) is 0 Å². The third-order valence-electron chi connectivity index (χ3n) is 5.76. The molecule has 39 heavy (non-hydrogen) atoms. The first-order valence-corrected chi connectivity index (χ1v) is 12.5. The molecule has 0 saturated heterocycles. The molecule has 3 aromatic heterocycles. The van der Waals surface area contributed by atoms with E-state index in [0.29, 0.717) is 11.1 Å². The monoisotopic (exact) mass is 556 g/mol. The predicted molar refractivity (Wildman–Crippen MR) is 145 cm³/mol. The van der Waals surface area contributed by atoms with Gasteiger partial charge >= 0.3 is 6.09 Å². The first kappa shape index (κ1) is 28.0. The number of fused-ring (bicyclic) bond motifs is 2. The van der Waals surface area contributed by atoms with Crippen molar-refractivity contribution < 1.29 is 24.5 Å². The quantitative estimate of drug-likeness (QED) is 0.270. The van der Waals surface area contributed by atoms with Crippen molar-refractivity contribution in [2.45, 2.75) is 52.0 Å². The maximum atomic E-state index is 13.6. The molecule has 12 nitrogen and oxygen atoms in total. The third kappa shape index (κ3) is 6.03. The van der Waals surface area contributed by atoms with Gasteiger partial charge in [0, 0.05) is 18.1 Å². The van der Waals surface area contributed by atoms with Gasteiger partial charge in [-0.05, 0) is 51.3 Å². The zero-order chi connectivity index (χ0) is 28.5. The van der Waals surface area contributed by atoms with Crippen LogP contribution in [0.1, 0.15) is 49.8 Å². The summed E-state index contributed by atoms with van der Waals surface area (Å²) in [5, 5.41) is 30.2. The van der Waals surface area contributed by atoms with Crippen molar-refractivity contribution in [3.05, 3.63) is 69.4 Å². The van der Waals surface area contributed by atoms with E-state index in [1.54, 1.807) is 64.2 Å². The number of anilines is 1. The molecular formula is C26H29ClN6O6. The van der Waals surface area contributed by atoms with E-state index in [9.17, 15) is 24.6 Å². The van der Waals surface area contributed by atoms with Crippen molar-refractivity contribution in [3.63, 3.8) is 0 Å². The number of rotatable bonds is 7. The molecule has 13 heteroatoms. The number of carbonyl (C=O) groups excluding carboxylic acids is 2. The molecule has 4 N–H and O–H groups in total. The Morgan fingerprint density at radius 1 is 1.23 bits per heavy atom. The highest BCUT2D eigenvalue weighted by atomic mass is 35.5. The van der Waals surface area contributed by atoms with Gasteiger partial charge in [0.25, 0.3) is 11.5 Å². The van der Waals surface area contributed by atoms with E-state index in [2.05, 4.69) is 20.7 Å². The Labute approximate surface area is 228 Å². The van der Waals surface area contributed by atoms with Gasteiger partial charge in [0.15, 0.2) is 11.5 Å². The molecule has 4 aromatic rings. The van der Waals surface area contributed by atoms with Crippen LogP contribution in [-0.2, 0) is 11.3 Å². The van der Waals surface area contributed by atoms with Crippen LogP contribution < -0.4 is 16.2 Å². The van der Waals surface area contributed by atoms with Crippen LogP contribution in [0.4, 0.5) is 10.6 Å². The molecule has 3 heterocycles. The zero-order valence-corrected chi connectivity index (χ0v) is 22.6. The van der Waals surface area contributed by atoms with E-state index in [1.807, 2.05) is 0 Å². The van der Waals surface area contributed by atoms with Crippen molar-refractivity contribution in [1.82, 2.24) is 24.5 Å². The largest absolute Gasteiger partial charge is 0.444 e. The van der Waals surface area contributed by atoms with Gasteiger partial charge in [-0.3, -0.25) is 14.9 Å². The van der Waals surface area contributed by atoms with Crippen LogP contribution in [0, 0.1) is 0 Å². The first-order valence-electron chi connectivity index (χ1n) is 12.1. The SMILES string of the molecule is CC(NC(=O)c1c(NC(=O)OC(C)(C)C)nn2cccnc12)c1cc2cccc(Cl)c2c(=O)n1CC(O)CO. The molecule has 2 atom stereocenters. The Morgan fingerprint density at radius 2 is 1.97 bits per heavy atom. The van der Waals surface area contributed by atoms with Gasteiger partial charge in [0.05, 0.1) is 35.7 Å². The number of nitrogens with one attached hydrogen (secondary N) is 2. The standard InChI is InChI=1S/C26H29ClN6O6/c1-14(18-11-15-7-5-8-17(27)19(15)24(37)32(18)12-16(35)13-34)29-23(36)20-21(30-25(38)39-26(2,3)4)31-33-10-6-9-28-22(20)33/h5-11,14,16,34-35H,12-13H2,1-4H3,(H,29,36)(H,30,31,38). The van der Waals surface area contributed by atoms with Gasteiger partial charge in [-0.1, -0.05) is 23.7 Å². The summed E-state index contributed by atoms with van der Waals surface area (Å²) in [5.41, 5.74) is -0.721. The first-order chi connectivity index (χ1) is 18.4. The van der Waals surface area contributed by atoms with Crippen molar-refractivity contribution in [2.24, 2.45) is 0 Å². The number of hydrogen-bond acceptors (Lipinski definition) is 8. The topological polar surface area (TPSA) is 160 Å². The van der Waals surface area contributed by atoms with E-state index in [0.717, 1.165) is 0 Å². The molecule has 2 unspecified atom stereocenters. The summed E-state index contributed by atoms with van der Waals surface area (Å²) in [5.74, 6) is -0.693. The number of pyridine rings is 1. The lowest BCUT2D eigenvalue weighted by molar-refractivity contribution is 0.0635. The normalized spacial score (nSPS) is 13.3. The van der Waals surface area contributed by atoms with Crippen LogP contribution in [0.25, 0.3) is 16.4 Å². The highest BCUT2D eigenvalue weighted by Crippen LogP contribution is 2.25. The molecule has 0 aliphatic rings. The van der Waals surface area contributed by atoms with Crippen molar-refractivity contribution >= 4 is 45.8 Å². The number of benzene rings is 1. The van der Waals surface area contributed by atoms with Crippen LogP contribution >= 0.6 is 11.6 Å². The molecule has 0 spiro atoms. The minimum atomic E-state index is -1.22. The molecule has 0 bridgehead atoms. The summed E-state index contributed by atoms with van der Waals surface area (Å²) >= 11 is 6.29. The Morgan fingerprint density at radius 3 is 2.67 bits per heavy atom. The van der Waals surface area contributed by atoms with Gasteiger partial charge in [0.2, 0.25) is 0 Å². The van der Waals surface area contributed by atoms with E-state index in [1.165, 1.54) is 15.3 Å². The number of hydrogen-bond donors (Lipinski definition) is 4. The summed E-state index contributed by atoms with van der Waals surface area (Å²) in [4.78, 5) is 43.7. The summed E-state index contributed by atoms with van der Waals surface area (Å²) in [6.45, 7) is 5.98. The van der Waals surface area contributed by atoms with Crippen LogP contribution in [0.15, 0.2) is 47.5 Å². The number of aliphatic hydroxyl groups excluding tert-OH is 2. The number of halogens is 1. The number of nitrogens with zero attached hydrogens (tertiary/aromatic N) is 4. The van der Waals surface area contributed by atoms with Crippen LogP contribution in [-0.4, -0.2) is 59.7 Å². The maximum absolute atomic E-state index is 13.6. The summed E-state index contributed by atoms with van der Waals surface area (Å²) < 4.78 is 7.92. The number of aromatic nitrogens is 4. The fourth-order valence-corrected chi connectivity index (χ4v) is 4.38. The molecule has 0 fully saturated rings. The Balaban J connectivity index is 1.74. The minimum absolute atomic E-state index is 0.0126. The molecule has 0 radical (unpaired) electrons. The minimum Gasteiger partial charge on any atom is -0.444 e. The van der Waals surface area contributed by atoms with E-state index < -0.39 is 41.9 Å². The highest BCUT2D eigenvalue weighted by molar-refractivity contribution is 6.35. The number of ether oxygens (including phenoxy) is 1. The van der Waals surface area contributed by atoms with Gasteiger partial charge in [-0.25, -0.2) is 14.3 Å². The summed E-state index contributed by atoms with van der Waals surface area (Å²) in [6, 6.07) is 7.53. The molecule has 206 valence electrons. The lowest BCUT2D eigenvalue weighted by Crippen LogP contribution is -2.36. The average molecular weight is 557 g/mol. The summed E-state index contributed by atoms with van der Waals surface area (Å²) in [6.07, 6.45) is 1.03. The molecule has 0 aliphatic carbocycles. The average Bonchev–Trinajstić information content (AvgIpc) is 3.21. The molecule has 4 rings (SSSR count). The zero-order valence-electron chi connectivity index (χ0n) is 21.8. The second-order valence-electron chi connectivity index (χ2n) is 9.96. The van der Waals surface area contributed by atoms with Gasteiger partial charge in [0.1, 0.15) is 11.2 Å². The smallest absolute Gasteiger partial charge is 0.413 e. The van der Waals surface area contributed by atoms with Gasteiger partial charge in [-0.2, -0.15) is 0 Å². The van der Waals surface area contributed by atoms with E-state index in [-0.39, 0.29) is 34.0 Å². The van der Waals surface area contributed by atoms with E-state index in [4.69, 9.17) is 16.3 Å². The second kappa shape index (κ2) is 11.0. The number of carbonyl (C=O) groups is 2. The molecule has 1 aromatic carbocycles. The van der Waals surface area contributed by atoms with Crippen LogP contribution in [0.3, 0.4) is 0 Å². The molecule has 2 amide bonds. The fraction of sp³-hybridized carbons (Fsp3) is 0.346. The summed E-state index contributed by atoms with van der Waals surface area (Å²) in [7, 11) is 0. The second-order valence-corrected chi connectivity index (χ2v) is 10.4. The Kier molecular flexibility index (Phi) is 7.91. The highest BCUT2D eigenvalue weighted by Gasteiger charge is 2.27.